The summed E-state index contributed by atoms with van der Waals surface area (Å²) in [5, 5.41) is 10.4. The highest BCUT2D eigenvalue weighted by atomic mass is 16.5. The Bertz CT molecular complexity index is 402. The Balaban J connectivity index is 2.68. The normalized spacial score (nSPS) is 15.4. The van der Waals surface area contributed by atoms with Crippen molar-refractivity contribution in [2.45, 2.75) is 58.7 Å². The van der Waals surface area contributed by atoms with Crippen LogP contribution in [0.4, 0.5) is 0 Å². The first-order valence-electron chi connectivity index (χ1n) is 8.00. The minimum absolute atomic E-state index is 0.0655. The van der Waals surface area contributed by atoms with Crippen molar-refractivity contribution in [3.05, 3.63) is 35.9 Å². The summed E-state index contributed by atoms with van der Waals surface area (Å²) in [5.41, 5.74) is 0.556. The molecule has 3 nitrogen and oxygen atoms in total. The molecule has 0 fully saturated rings. The lowest BCUT2D eigenvalue weighted by atomic mass is 9.90. The van der Waals surface area contributed by atoms with Crippen molar-refractivity contribution in [1.29, 1.82) is 0 Å². The third kappa shape index (κ3) is 5.60. The summed E-state index contributed by atoms with van der Waals surface area (Å²) in [7, 11) is 0. The standard InChI is InChI=1S/C18H28O3/c1-4-6-13-21-16(10-5-2)14(3)17(19)18(20)15-11-8-7-9-12-15/h7-9,11-12,14,16-17,19H,4-6,10,13H2,1-3H3. The van der Waals surface area contributed by atoms with Gasteiger partial charge in [0.1, 0.15) is 6.10 Å². The lowest BCUT2D eigenvalue weighted by Crippen LogP contribution is -2.37. The number of ether oxygens (including phenoxy) is 1. The van der Waals surface area contributed by atoms with Gasteiger partial charge in [-0.2, -0.15) is 0 Å². The largest absolute Gasteiger partial charge is 0.385 e. The zero-order chi connectivity index (χ0) is 15.7. The van der Waals surface area contributed by atoms with Gasteiger partial charge < -0.3 is 9.84 Å². The molecule has 1 aromatic rings. The Kier molecular flexibility index (Phi) is 8.24. The maximum Gasteiger partial charge on any atom is 0.191 e. The van der Waals surface area contributed by atoms with Gasteiger partial charge in [0, 0.05) is 18.1 Å². The quantitative estimate of drug-likeness (QED) is 0.526. The molecule has 0 saturated heterocycles. The average Bonchev–Trinajstić information content (AvgIpc) is 2.53. The van der Waals surface area contributed by atoms with Crippen LogP contribution in [0, 0.1) is 5.92 Å². The van der Waals surface area contributed by atoms with Crippen LogP contribution in [0.5, 0.6) is 0 Å². The van der Waals surface area contributed by atoms with E-state index in [1.165, 1.54) is 0 Å². The Hall–Kier alpha value is -1.19. The van der Waals surface area contributed by atoms with Crippen molar-refractivity contribution in [3.8, 4) is 0 Å². The molecule has 0 aromatic heterocycles. The van der Waals surface area contributed by atoms with Crippen molar-refractivity contribution in [2.24, 2.45) is 5.92 Å². The average molecular weight is 292 g/mol. The SMILES string of the molecule is CCCCOC(CCC)C(C)C(O)C(=O)c1ccccc1. The van der Waals surface area contributed by atoms with Gasteiger partial charge in [-0.1, -0.05) is 63.9 Å². The van der Waals surface area contributed by atoms with Gasteiger partial charge in [0.25, 0.3) is 0 Å². The van der Waals surface area contributed by atoms with E-state index in [4.69, 9.17) is 4.74 Å². The highest BCUT2D eigenvalue weighted by molar-refractivity contribution is 5.99. The van der Waals surface area contributed by atoms with E-state index in [9.17, 15) is 9.90 Å². The first-order chi connectivity index (χ1) is 10.1. The highest BCUT2D eigenvalue weighted by Crippen LogP contribution is 2.20. The molecule has 0 spiro atoms. The van der Waals surface area contributed by atoms with Crippen molar-refractivity contribution >= 4 is 5.78 Å². The zero-order valence-corrected chi connectivity index (χ0v) is 13.4. The van der Waals surface area contributed by atoms with Crippen molar-refractivity contribution in [1.82, 2.24) is 0 Å². The second-order valence-electron chi connectivity index (χ2n) is 5.59. The predicted molar refractivity (Wildman–Crippen MR) is 85.5 cm³/mol. The van der Waals surface area contributed by atoms with E-state index < -0.39 is 6.10 Å². The Morgan fingerprint density at radius 2 is 1.86 bits per heavy atom. The van der Waals surface area contributed by atoms with E-state index in [1.54, 1.807) is 12.1 Å². The lowest BCUT2D eigenvalue weighted by Gasteiger charge is -2.27. The van der Waals surface area contributed by atoms with Crippen molar-refractivity contribution < 1.29 is 14.6 Å². The maximum absolute atomic E-state index is 12.3. The summed E-state index contributed by atoms with van der Waals surface area (Å²) in [6.07, 6.45) is 2.86. The monoisotopic (exact) mass is 292 g/mol. The van der Waals surface area contributed by atoms with Gasteiger partial charge in [0.2, 0.25) is 0 Å². The molecule has 0 bridgehead atoms. The van der Waals surface area contributed by atoms with Crippen LogP contribution in [0.3, 0.4) is 0 Å². The molecule has 0 amide bonds. The maximum atomic E-state index is 12.3. The molecule has 3 heteroatoms. The van der Waals surface area contributed by atoms with Gasteiger partial charge in [-0.15, -0.1) is 0 Å². The number of aliphatic hydroxyl groups is 1. The summed E-state index contributed by atoms with van der Waals surface area (Å²) < 4.78 is 5.88. The fourth-order valence-electron chi connectivity index (χ4n) is 2.38. The third-order valence-electron chi connectivity index (χ3n) is 3.81. The first kappa shape index (κ1) is 17.9. The number of carbonyl (C=O) groups excluding carboxylic acids is 1. The summed E-state index contributed by atoms with van der Waals surface area (Å²) in [6, 6.07) is 8.97. The summed E-state index contributed by atoms with van der Waals surface area (Å²) in [6.45, 7) is 6.80. The van der Waals surface area contributed by atoms with Gasteiger partial charge in [-0.25, -0.2) is 0 Å². The minimum atomic E-state index is -1.01. The Morgan fingerprint density at radius 1 is 1.19 bits per heavy atom. The van der Waals surface area contributed by atoms with Crippen LogP contribution >= 0.6 is 0 Å². The molecular formula is C18H28O3. The topological polar surface area (TPSA) is 46.5 Å². The van der Waals surface area contributed by atoms with Crippen LogP contribution in [0.25, 0.3) is 0 Å². The van der Waals surface area contributed by atoms with Crippen LogP contribution in [0.2, 0.25) is 0 Å². The van der Waals surface area contributed by atoms with Gasteiger partial charge in [-0.05, 0) is 12.8 Å². The number of aliphatic hydroxyl groups excluding tert-OH is 1. The number of rotatable bonds is 10. The number of carbonyl (C=O) groups is 1. The molecule has 1 aromatic carbocycles. The van der Waals surface area contributed by atoms with Crippen molar-refractivity contribution in [2.75, 3.05) is 6.61 Å². The third-order valence-corrected chi connectivity index (χ3v) is 3.81. The molecule has 118 valence electrons. The van der Waals surface area contributed by atoms with Crippen LogP contribution in [-0.2, 0) is 4.74 Å². The molecule has 0 aliphatic carbocycles. The number of unbranched alkanes of at least 4 members (excludes halogenated alkanes) is 1. The van der Waals surface area contributed by atoms with Gasteiger partial charge >= 0.3 is 0 Å². The Morgan fingerprint density at radius 3 is 2.43 bits per heavy atom. The highest BCUT2D eigenvalue weighted by Gasteiger charge is 2.30. The summed E-state index contributed by atoms with van der Waals surface area (Å²) in [4.78, 5) is 12.3. The summed E-state index contributed by atoms with van der Waals surface area (Å²) in [5.74, 6) is -0.419. The number of benzene rings is 1. The number of Topliss-reactive ketones (excluding diaryl/α,β-unsaturated/α-hetero) is 1. The lowest BCUT2D eigenvalue weighted by molar-refractivity contribution is -0.0281. The van der Waals surface area contributed by atoms with E-state index in [2.05, 4.69) is 13.8 Å². The van der Waals surface area contributed by atoms with Crippen LogP contribution in [0.1, 0.15) is 56.8 Å². The first-order valence-corrected chi connectivity index (χ1v) is 8.00. The van der Waals surface area contributed by atoms with Gasteiger partial charge in [-0.3, -0.25) is 4.79 Å². The molecule has 21 heavy (non-hydrogen) atoms. The Labute approximate surface area is 128 Å². The van der Waals surface area contributed by atoms with E-state index in [0.717, 1.165) is 25.7 Å². The van der Waals surface area contributed by atoms with E-state index in [-0.39, 0.29) is 17.8 Å². The van der Waals surface area contributed by atoms with Gasteiger partial charge in [0.05, 0.1) is 6.10 Å². The number of hydrogen-bond acceptors (Lipinski definition) is 3. The molecule has 1 rings (SSSR count). The summed E-state index contributed by atoms with van der Waals surface area (Å²) >= 11 is 0. The van der Waals surface area contributed by atoms with Crippen LogP contribution in [-0.4, -0.2) is 29.7 Å². The number of ketones is 1. The number of hydrogen-bond donors (Lipinski definition) is 1. The molecular weight excluding hydrogens is 264 g/mol. The van der Waals surface area contributed by atoms with Gasteiger partial charge in [0.15, 0.2) is 5.78 Å². The second-order valence-corrected chi connectivity index (χ2v) is 5.59. The van der Waals surface area contributed by atoms with Crippen LogP contribution in [0.15, 0.2) is 30.3 Å². The van der Waals surface area contributed by atoms with Crippen molar-refractivity contribution in [3.63, 3.8) is 0 Å². The molecule has 3 atom stereocenters. The second kappa shape index (κ2) is 9.69. The zero-order valence-electron chi connectivity index (χ0n) is 13.4. The predicted octanol–water partition coefficient (Wildman–Crippen LogP) is 3.85. The molecule has 0 saturated carbocycles. The van der Waals surface area contributed by atoms with E-state index in [0.29, 0.717) is 12.2 Å². The fraction of sp³-hybridized carbons (Fsp3) is 0.611. The molecule has 1 N–H and O–H groups in total. The smallest absolute Gasteiger partial charge is 0.191 e. The molecule has 3 unspecified atom stereocenters. The molecule has 0 radical (unpaired) electrons. The van der Waals surface area contributed by atoms with E-state index >= 15 is 0 Å². The minimum Gasteiger partial charge on any atom is -0.385 e. The van der Waals surface area contributed by atoms with Crippen LogP contribution < -0.4 is 0 Å². The molecule has 0 aliphatic rings. The molecule has 0 aliphatic heterocycles. The molecule has 0 heterocycles. The van der Waals surface area contributed by atoms with E-state index in [1.807, 2.05) is 25.1 Å². The fourth-order valence-corrected chi connectivity index (χ4v) is 2.38.